The lowest BCUT2D eigenvalue weighted by Gasteiger charge is -2.38. The lowest BCUT2D eigenvalue weighted by molar-refractivity contribution is -0.0158. The van der Waals surface area contributed by atoms with E-state index >= 15 is 0 Å². The van der Waals surface area contributed by atoms with Gasteiger partial charge in [-0.2, -0.15) is 0 Å². The number of hydrogen-bond donors (Lipinski definition) is 1. The van der Waals surface area contributed by atoms with E-state index in [9.17, 15) is 18.0 Å². The van der Waals surface area contributed by atoms with Crippen molar-refractivity contribution >= 4 is 50.7 Å². The minimum atomic E-state index is -3.70. The van der Waals surface area contributed by atoms with E-state index in [0.29, 0.717) is 52.4 Å². The largest absolute Gasteiger partial charge is 0.373 e. The molecule has 0 radical (unpaired) electrons. The highest BCUT2D eigenvalue weighted by Crippen LogP contribution is 2.46. The molecule has 1 aromatic heterocycles. The van der Waals surface area contributed by atoms with E-state index in [-0.39, 0.29) is 29.8 Å². The Hall–Kier alpha value is -2.96. The molecule has 2 saturated heterocycles. The second-order valence-electron chi connectivity index (χ2n) is 11.9. The number of nitrogens with one attached hydrogen (secondary N) is 1. The van der Waals surface area contributed by atoms with E-state index in [0.717, 1.165) is 41.3 Å². The molecular formula is C31H34Cl2N4O6S. The van der Waals surface area contributed by atoms with Gasteiger partial charge in [0.05, 0.1) is 22.8 Å². The Morgan fingerprint density at radius 3 is 2.34 bits per heavy atom. The molecule has 0 spiro atoms. The number of sulfonamides is 1. The van der Waals surface area contributed by atoms with Crippen molar-refractivity contribution in [1.82, 2.24) is 14.4 Å². The molecular weight excluding hydrogens is 627 g/mol. The molecule has 1 saturated carbocycles. The smallest absolute Gasteiger partial charge is 0.322 e. The zero-order valence-corrected chi connectivity index (χ0v) is 26.8. The third-order valence-electron chi connectivity index (χ3n) is 8.66. The third-order valence-corrected chi connectivity index (χ3v) is 11.0. The maximum atomic E-state index is 13.4. The van der Waals surface area contributed by atoms with Crippen LogP contribution in [-0.4, -0.2) is 72.6 Å². The average Bonchev–Trinajstić information content (AvgIpc) is 3.68. The van der Waals surface area contributed by atoms with E-state index in [4.69, 9.17) is 32.5 Å². The molecule has 2 bridgehead atoms. The van der Waals surface area contributed by atoms with Crippen LogP contribution >= 0.6 is 23.2 Å². The highest BCUT2D eigenvalue weighted by molar-refractivity contribution is 7.89. The van der Waals surface area contributed by atoms with Crippen molar-refractivity contribution in [2.75, 3.05) is 25.2 Å². The number of fused-ring (bicyclic) bond motifs is 2. The summed E-state index contributed by atoms with van der Waals surface area (Å²) in [6, 6.07) is 11.5. The molecule has 6 rings (SSSR count). The number of benzene rings is 2. The van der Waals surface area contributed by atoms with Gasteiger partial charge in [-0.15, -0.1) is 0 Å². The summed E-state index contributed by atoms with van der Waals surface area (Å²) in [4.78, 5) is 27.9. The number of ether oxygens (including phenoxy) is 1. The standard InChI is InChI=1S/C31H34Cl2N4O6S/c1-36(2)44(40,41)17-27(38)19-5-3-6-20(13-19)34-31(39)37-21-11-12-22(37)15-23(14-21)42-16-24-29(35-43-30(24)18-9-10-18)28-25(32)7-4-8-26(28)33/h3-8,13,18,21-23H,9-12,14-17H2,1-2H3,(H,34,39)/t21-,22?,23?/m0/s1. The fourth-order valence-electron chi connectivity index (χ4n) is 6.18. The van der Waals surface area contributed by atoms with Gasteiger partial charge in [0.25, 0.3) is 0 Å². The molecule has 2 unspecified atom stereocenters. The molecule has 234 valence electrons. The lowest BCUT2D eigenvalue weighted by Crippen LogP contribution is -2.50. The Labute approximate surface area is 266 Å². The zero-order valence-electron chi connectivity index (χ0n) is 24.5. The summed E-state index contributed by atoms with van der Waals surface area (Å²) >= 11 is 13.0. The molecule has 1 aliphatic carbocycles. The number of Topliss-reactive ketones (excluding diaryl/α,β-unsaturated/α-hetero) is 1. The van der Waals surface area contributed by atoms with Crippen LogP contribution in [-0.2, 0) is 21.4 Å². The van der Waals surface area contributed by atoms with Crippen LogP contribution in [0.1, 0.15) is 66.1 Å². The molecule has 10 nitrogen and oxygen atoms in total. The predicted molar refractivity (Wildman–Crippen MR) is 168 cm³/mol. The summed E-state index contributed by atoms with van der Waals surface area (Å²) in [7, 11) is -0.928. The van der Waals surface area contributed by atoms with Crippen molar-refractivity contribution in [2.45, 2.75) is 69.2 Å². The van der Waals surface area contributed by atoms with Crippen molar-refractivity contribution in [1.29, 1.82) is 0 Å². The second kappa shape index (κ2) is 12.4. The van der Waals surface area contributed by atoms with Crippen LogP contribution in [0, 0.1) is 0 Å². The molecule has 44 heavy (non-hydrogen) atoms. The van der Waals surface area contributed by atoms with E-state index in [1.165, 1.54) is 20.2 Å². The number of halogens is 2. The van der Waals surface area contributed by atoms with Gasteiger partial charge in [-0.25, -0.2) is 17.5 Å². The number of rotatable bonds is 10. The summed E-state index contributed by atoms with van der Waals surface area (Å²) in [5.41, 5.74) is 2.79. The number of aromatic nitrogens is 1. The first-order valence-electron chi connectivity index (χ1n) is 14.7. The second-order valence-corrected chi connectivity index (χ2v) is 14.9. The van der Waals surface area contributed by atoms with Crippen LogP contribution in [0.3, 0.4) is 0 Å². The topological polar surface area (TPSA) is 122 Å². The molecule has 2 amide bonds. The third kappa shape index (κ3) is 6.39. The minimum absolute atomic E-state index is 0.0108. The van der Waals surface area contributed by atoms with E-state index in [1.807, 2.05) is 4.90 Å². The number of hydrogen-bond acceptors (Lipinski definition) is 7. The molecule has 2 aliphatic heterocycles. The first-order valence-corrected chi connectivity index (χ1v) is 17.1. The van der Waals surface area contributed by atoms with Gasteiger partial charge in [-0.1, -0.05) is 46.6 Å². The van der Waals surface area contributed by atoms with E-state index < -0.39 is 21.6 Å². The summed E-state index contributed by atoms with van der Waals surface area (Å²) in [5, 5.41) is 8.27. The summed E-state index contributed by atoms with van der Waals surface area (Å²) in [6.45, 7) is 0.312. The van der Waals surface area contributed by atoms with Crippen LogP contribution in [0.5, 0.6) is 0 Å². The Bertz CT molecular complexity index is 1660. The monoisotopic (exact) mass is 660 g/mol. The summed E-state index contributed by atoms with van der Waals surface area (Å²) in [6.07, 6.45) is 5.17. The van der Waals surface area contributed by atoms with Crippen LogP contribution in [0.2, 0.25) is 10.0 Å². The fourth-order valence-corrected chi connectivity index (χ4v) is 7.51. The molecule has 3 fully saturated rings. The predicted octanol–water partition coefficient (Wildman–Crippen LogP) is 6.34. The summed E-state index contributed by atoms with van der Waals surface area (Å²) < 4.78 is 37.6. The van der Waals surface area contributed by atoms with Gasteiger partial charge in [-0.3, -0.25) is 4.79 Å². The number of nitrogens with zero attached hydrogens (tertiary/aromatic N) is 3. The normalized spacial score (nSPS) is 21.6. The van der Waals surface area contributed by atoms with Crippen LogP contribution in [0.25, 0.3) is 11.3 Å². The van der Waals surface area contributed by atoms with E-state index in [2.05, 4.69) is 10.5 Å². The van der Waals surface area contributed by atoms with Gasteiger partial charge in [0.15, 0.2) is 5.78 Å². The fraction of sp³-hybridized carbons (Fsp3) is 0.452. The highest BCUT2D eigenvalue weighted by atomic mass is 35.5. The maximum Gasteiger partial charge on any atom is 0.322 e. The first-order chi connectivity index (χ1) is 21.0. The highest BCUT2D eigenvalue weighted by Gasteiger charge is 2.44. The van der Waals surface area contributed by atoms with Crippen molar-refractivity contribution in [3.8, 4) is 11.3 Å². The van der Waals surface area contributed by atoms with Gasteiger partial charge in [-0.05, 0) is 62.8 Å². The van der Waals surface area contributed by atoms with Crippen LogP contribution in [0.15, 0.2) is 47.0 Å². The number of carbonyl (C=O) groups excluding carboxylic acids is 2. The number of piperidine rings is 1. The first kappa shape index (κ1) is 31.0. The Kier molecular flexibility index (Phi) is 8.78. The van der Waals surface area contributed by atoms with Gasteiger partial charge in [0.1, 0.15) is 17.2 Å². The Morgan fingerprint density at radius 1 is 1.05 bits per heavy atom. The number of carbonyl (C=O) groups is 2. The Morgan fingerprint density at radius 2 is 1.70 bits per heavy atom. The molecule has 13 heteroatoms. The van der Waals surface area contributed by atoms with Crippen molar-refractivity contribution in [3.63, 3.8) is 0 Å². The average molecular weight is 662 g/mol. The molecule has 2 aromatic carbocycles. The zero-order chi connectivity index (χ0) is 31.2. The molecule has 1 N–H and O–H groups in total. The minimum Gasteiger partial charge on any atom is -0.373 e. The van der Waals surface area contributed by atoms with Gasteiger partial charge in [0.2, 0.25) is 10.0 Å². The van der Waals surface area contributed by atoms with Gasteiger partial charge < -0.3 is 19.5 Å². The maximum absolute atomic E-state index is 13.4. The quantitative estimate of drug-likeness (QED) is 0.252. The number of anilines is 1. The van der Waals surface area contributed by atoms with Crippen molar-refractivity contribution < 1.29 is 27.3 Å². The number of ketones is 1. The van der Waals surface area contributed by atoms with Gasteiger partial charge in [0, 0.05) is 54.5 Å². The number of amides is 2. The van der Waals surface area contributed by atoms with Gasteiger partial charge >= 0.3 is 6.03 Å². The SMILES string of the molecule is CN(C)S(=O)(=O)CC(=O)c1cccc(NC(=O)N2C3CC[C@H]2CC(OCc2c(-c4c(Cl)cccc4Cl)noc2C2CC2)C3)c1. The molecule has 3 aliphatic rings. The van der Waals surface area contributed by atoms with Crippen molar-refractivity contribution in [2.24, 2.45) is 0 Å². The van der Waals surface area contributed by atoms with Crippen molar-refractivity contribution in [3.05, 3.63) is 69.4 Å². The van der Waals surface area contributed by atoms with Crippen LogP contribution in [0.4, 0.5) is 10.5 Å². The van der Waals surface area contributed by atoms with E-state index in [1.54, 1.807) is 36.4 Å². The Balaban J connectivity index is 1.11. The molecule has 3 aromatic rings. The summed E-state index contributed by atoms with van der Waals surface area (Å²) in [5.74, 6) is -0.0239. The molecule has 3 heterocycles. The van der Waals surface area contributed by atoms with Crippen LogP contribution < -0.4 is 5.32 Å². The number of urea groups is 1. The lowest BCUT2D eigenvalue weighted by atomic mass is 9.99. The molecule has 3 atom stereocenters.